The lowest BCUT2D eigenvalue weighted by atomic mass is 10.1. The van der Waals surface area contributed by atoms with E-state index in [0.29, 0.717) is 17.0 Å². The van der Waals surface area contributed by atoms with Crippen LogP contribution in [-0.4, -0.2) is 31.1 Å². The van der Waals surface area contributed by atoms with Crippen molar-refractivity contribution in [2.75, 3.05) is 14.2 Å². The molecule has 1 heterocycles. The first kappa shape index (κ1) is 17.0. The molecule has 21 heavy (non-hydrogen) atoms. The summed E-state index contributed by atoms with van der Waals surface area (Å²) in [7, 11) is 3.18. The molecule has 114 valence electrons. The number of hydrogen-bond donors (Lipinski definition) is 1. The van der Waals surface area contributed by atoms with Crippen LogP contribution in [0.15, 0.2) is 42.2 Å². The number of methoxy groups -OCH3 is 2. The van der Waals surface area contributed by atoms with Crippen LogP contribution in [0.4, 0.5) is 0 Å². The number of carbonyl (C=O) groups excluding carboxylic acids is 1. The number of hydrogen-bond acceptors (Lipinski definition) is 3. The van der Waals surface area contributed by atoms with Crippen LogP contribution in [0.5, 0.6) is 0 Å². The molecule has 0 aliphatic heterocycles. The Bertz CT molecular complexity index is 579. The molecule has 1 aromatic heterocycles. The lowest BCUT2D eigenvalue weighted by Gasteiger charge is -2.12. The van der Waals surface area contributed by atoms with E-state index in [4.69, 9.17) is 9.47 Å². The average molecular weight is 289 g/mol. The largest absolute Gasteiger partial charge is 0.498 e. The predicted octanol–water partition coefficient (Wildman–Crippen LogP) is 3.49. The van der Waals surface area contributed by atoms with Gasteiger partial charge < -0.3 is 14.5 Å². The molecule has 0 fully saturated rings. The zero-order valence-corrected chi connectivity index (χ0v) is 13.3. The van der Waals surface area contributed by atoms with Crippen LogP contribution in [0.3, 0.4) is 0 Å². The highest BCUT2D eigenvalue weighted by Crippen LogP contribution is 2.16. The van der Waals surface area contributed by atoms with Crippen molar-refractivity contribution in [3.8, 4) is 0 Å². The molecular weight excluding hydrogens is 266 g/mol. The van der Waals surface area contributed by atoms with Crippen LogP contribution in [0.25, 0.3) is 0 Å². The SMILES string of the molecule is C=C/C(=C\C=C(\OC)[C@H](C)OC)C(=O)c1[nH]c(C)cc1C. The number of carbonyl (C=O) groups is 1. The van der Waals surface area contributed by atoms with E-state index >= 15 is 0 Å². The Kier molecular flexibility index (Phi) is 6.18. The van der Waals surface area contributed by atoms with E-state index in [1.54, 1.807) is 32.4 Å². The van der Waals surface area contributed by atoms with Gasteiger partial charge in [-0.1, -0.05) is 12.7 Å². The highest BCUT2D eigenvalue weighted by molar-refractivity contribution is 6.10. The predicted molar refractivity (Wildman–Crippen MR) is 84.4 cm³/mol. The Morgan fingerprint density at radius 3 is 2.43 bits per heavy atom. The minimum absolute atomic E-state index is 0.0904. The van der Waals surface area contributed by atoms with Gasteiger partial charge in [-0.05, 0) is 44.6 Å². The van der Waals surface area contributed by atoms with Crippen LogP contribution in [0.2, 0.25) is 0 Å². The third-order valence-corrected chi connectivity index (χ3v) is 3.28. The van der Waals surface area contributed by atoms with Crippen molar-refractivity contribution >= 4 is 5.78 Å². The molecule has 0 aromatic carbocycles. The Labute approximate surface area is 126 Å². The molecule has 0 saturated carbocycles. The first-order valence-electron chi connectivity index (χ1n) is 6.76. The normalized spacial score (nSPS) is 14.0. The van der Waals surface area contributed by atoms with Gasteiger partial charge >= 0.3 is 0 Å². The van der Waals surface area contributed by atoms with E-state index in [1.807, 2.05) is 26.8 Å². The van der Waals surface area contributed by atoms with Crippen LogP contribution >= 0.6 is 0 Å². The summed E-state index contributed by atoms with van der Waals surface area (Å²) in [5, 5.41) is 0. The number of aromatic nitrogens is 1. The summed E-state index contributed by atoms with van der Waals surface area (Å²) < 4.78 is 10.4. The van der Waals surface area contributed by atoms with Crippen molar-refractivity contribution < 1.29 is 14.3 Å². The zero-order valence-electron chi connectivity index (χ0n) is 13.3. The van der Waals surface area contributed by atoms with E-state index < -0.39 is 0 Å². The number of ether oxygens (including phenoxy) is 2. The maximum atomic E-state index is 12.5. The molecule has 1 rings (SSSR count). The van der Waals surface area contributed by atoms with Crippen molar-refractivity contribution in [1.29, 1.82) is 0 Å². The summed E-state index contributed by atoms with van der Waals surface area (Å²) in [6, 6.07) is 1.94. The van der Waals surface area contributed by atoms with Crippen molar-refractivity contribution in [2.24, 2.45) is 0 Å². The molecule has 0 aliphatic carbocycles. The molecule has 0 spiro atoms. The van der Waals surface area contributed by atoms with Gasteiger partial charge in [0.1, 0.15) is 11.9 Å². The Balaban J connectivity index is 3.09. The molecule has 0 bridgehead atoms. The first-order chi connectivity index (χ1) is 9.94. The Hall–Kier alpha value is -2.07. The lowest BCUT2D eigenvalue weighted by Crippen LogP contribution is -2.10. The molecule has 0 saturated heterocycles. The smallest absolute Gasteiger partial charge is 0.209 e. The number of ketones is 1. The van der Waals surface area contributed by atoms with Crippen LogP contribution < -0.4 is 0 Å². The molecule has 0 unspecified atom stereocenters. The van der Waals surface area contributed by atoms with Crippen molar-refractivity contribution in [3.63, 3.8) is 0 Å². The van der Waals surface area contributed by atoms with E-state index in [-0.39, 0.29) is 11.9 Å². The van der Waals surface area contributed by atoms with Gasteiger partial charge in [-0.25, -0.2) is 0 Å². The first-order valence-corrected chi connectivity index (χ1v) is 6.76. The third kappa shape index (κ3) is 4.20. The highest BCUT2D eigenvalue weighted by atomic mass is 16.5. The van der Waals surface area contributed by atoms with Gasteiger partial charge in [-0.2, -0.15) is 0 Å². The molecule has 4 heteroatoms. The standard InChI is InChI=1S/C17H23NO3/c1-7-14(8-9-15(21-6)13(4)20-5)17(19)16-11(2)10-12(3)18-16/h7-10,13,18H,1H2,2-6H3/b14-8+,15-9+/t13-/m0/s1. The topological polar surface area (TPSA) is 51.3 Å². The summed E-state index contributed by atoms with van der Waals surface area (Å²) in [4.78, 5) is 15.6. The van der Waals surface area contributed by atoms with Gasteiger partial charge in [0, 0.05) is 18.4 Å². The fourth-order valence-electron chi connectivity index (χ4n) is 2.00. The molecule has 1 N–H and O–H groups in total. The fraction of sp³-hybridized carbons (Fsp3) is 0.353. The maximum absolute atomic E-state index is 12.5. The molecule has 0 radical (unpaired) electrons. The number of H-pyrrole nitrogens is 1. The van der Waals surface area contributed by atoms with Gasteiger partial charge in [0.05, 0.1) is 12.8 Å². The van der Waals surface area contributed by atoms with Crippen LogP contribution in [-0.2, 0) is 9.47 Å². The number of aryl methyl sites for hydroxylation is 2. The minimum Gasteiger partial charge on any atom is -0.498 e. The van der Waals surface area contributed by atoms with E-state index in [2.05, 4.69) is 11.6 Å². The Morgan fingerprint density at radius 2 is 2.00 bits per heavy atom. The minimum atomic E-state index is -0.179. The Morgan fingerprint density at radius 1 is 1.33 bits per heavy atom. The molecule has 1 aromatic rings. The van der Waals surface area contributed by atoms with Crippen molar-refractivity contribution in [1.82, 2.24) is 4.98 Å². The second-order valence-electron chi connectivity index (χ2n) is 4.82. The third-order valence-electron chi connectivity index (χ3n) is 3.28. The van der Waals surface area contributed by atoms with Crippen molar-refractivity contribution in [2.45, 2.75) is 26.9 Å². The van der Waals surface area contributed by atoms with Gasteiger partial charge in [0.15, 0.2) is 0 Å². The summed E-state index contributed by atoms with van der Waals surface area (Å²) in [6.07, 6.45) is 4.79. The van der Waals surface area contributed by atoms with E-state index in [1.165, 1.54) is 0 Å². The number of allylic oxidation sites excluding steroid dienone is 4. The summed E-state index contributed by atoms with van der Waals surface area (Å²) in [6.45, 7) is 9.41. The average Bonchev–Trinajstić information content (AvgIpc) is 2.81. The lowest BCUT2D eigenvalue weighted by molar-refractivity contribution is 0.0916. The fourth-order valence-corrected chi connectivity index (χ4v) is 2.00. The monoisotopic (exact) mass is 289 g/mol. The van der Waals surface area contributed by atoms with E-state index in [9.17, 15) is 4.79 Å². The van der Waals surface area contributed by atoms with Gasteiger partial charge in [0.2, 0.25) is 5.78 Å². The molecule has 4 nitrogen and oxygen atoms in total. The van der Waals surface area contributed by atoms with Gasteiger partial charge in [0.25, 0.3) is 0 Å². The highest BCUT2D eigenvalue weighted by Gasteiger charge is 2.14. The molecular formula is C17H23NO3. The van der Waals surface area contributed by atoms with Crippen LogP contribution in [0.1, 0.15) is 28.7 Å². The number of Topliss-reactive ketones (excluding diaryl/α,β-unsaturated/α-hetero) is 1. The second kappa shape index (κ2) is 7.64. The summed E-state index contributed by atoms with van der Waals surface area (Å²) in [5.41, 5.74) is 2.97. The number of aromatic amines is 1. The number of nitrogens with one attached hydrogen (secondary N) is 1. The zero-order chi connectivity index (χ0) is 16.0. The quantitative estimate of drug-likeness (QED) is 0.362. The van der Waals surface area contributed by atoms with Gasteiger partial charge in [-0.15, -0.1) is 0 Å². The number of rotatable bonds is 7. The van der Waals surface area contributed by atoms with Crippen molar-refractivity contribution in [3.05, 3.63) is 59.2 Å². The molecule has 0 aliphatic rings. The molecule has 0 amide bonds. The molecule has 1 atom stereocenters. The van der Waals surface area contributed by atoms with Crippen LogP contribution in [0, 0.1) is 13.8 Å². The van der Waals surface area contributed by atoms with E-state index in [0.717, 1.165) is 11.3 Å². The second-order valence-corrected chi connectivity index (χ2v) is 4.82. The maximum Gasteiger partial charge on any atom is 0.209 e. The summed E-state index contributed by atoms with van der Waals surface area (Å²) in [5.74, 6) is 0.552. The summed E-state index contributed by atoms with van der Waals surface area (Å²) >= 11 is 0. The van der Waals surface area contributed by atoms with Gasteiger partial charge in [-0.3, -0.25) is 4.79 Å².